The molecule has 2 nitrogen and oxygen atoms in total. The van der Waals surface area contributed by atoms with E-state index in [9.17, 15) is 4.79 Å². The fourth-order valence-corrected chi connectivity index (χ4v) is 2.73. The minimum atomic E-state index is 0.0421. The molecule has 74 valence electrons. The highest BCUT2D eigenvalue weighted by Crippen LogP contribution is 2.47. The van der Waals surface area contributed by atoms with Gasteiger partial charge in [-0.1, -0.05) is 0 Å². The SMILES string of the molecule is CC1(C)CC2(CCC(=O)CC2)CO1. The topological polar surface area (TPSA) is 26.3 Å². The molecule has 1 aliphatic carbocycles. The molecule has 0 unspecified atom stereocenters. The van der Waals surface area contributed by atoms with Crippen LogP contribution in [0.2, 0.25) is 0 Å². The van der Waals surface area contributed by atoms with Crippen molar-refractivity contribution in [1.82, 2.24) is 0 Å². The Kier molecular flexibility index (Phi) is 1.99. The molecule has 1 saturated carbocycles. The zero-order chi connectivity index (χ0) is 9.53. The van der Waals surface area contributed by atoms with Crippen LogP contribution in [-0.2, 0) is 9.53 Å². The Balaban J connectivity index is 2.04. The Morgan fingerprint density at radius 3 is 2.31 bits per heavy atom. The summed E-state index contributed by atoms with van der Waals surface area (Å²) in [5, 5.41) is 0. The average Bonchev–Trinajstić information content (AvgIpc) is 2.35. The first kappa shape index (κ1) is 9.20. The molecule has 1 heterocycles. The minimum absolute atomic E-state index is 0.0421. The Bertz CT molecular complexity index is 220. The average molecular weight is 182 g/mol. The second kappa shape index (κ2) is 2.81. The third kappa shape index (κ3) is 1.78. The van der Waals surface area contributed by atoms with Crippen molar-refractivity contribution in [2.45, 2.75) is 51.6 Å². The fourth-order valence-electron chi connectivity index (χ4n) is 2.73. The molecule has 2 heteroatoms. The Morgan fingerprint density at radius 2 is 1.85 bits per heavy atom. The van der Waals surface area contributed by atoms with Gasteiger partial charge in [-0.2, -0.15) is 0 Å². The van der Waals surface area contributed by atoms with Crippen molar-refractivity contribution in [3.63, 3.8) is 0 Å². The number of carbonyl (C=O) groups is 1. The van der Waals surface area contributed by atoms with Gasteiger partial charge in [0.2, 0.25) is 0 Å². The number of carbonyl (C=O) groups excluding carboxylic acids is 1. The van der Waals surface area contributed by atoms with Crippen LogP contribution in [0.4, 0.5) is 0 Å². The van der Waals surface area contributed by atoms with Gasteiger partial charge < -0.3 is 4.74 Å². The molecular formula is C11H18O2. The number of rotatable bonds is 0. The van der Waals surface area contributed by atoms with Gasteiger partial charge in [0, 0.05) is 12.8 Å². The molecule has 0 aromatic carbocycles. The van der Waals surface area contributed by atoms with E-state index in [4.69, 9.17) is 4.74 Å². The van der Waals surface area contributed by atoms with Crippen LogP contribution in [0, 0.1) is 5.41 Å². The number of hydrogen-bond acceptors (Lipinski definition) is 2. The number of Topliss-reactive ketones (excluding diaryl/α,β-unsaturated/α-hetero) is 1. The molecule has 2 fully saturated rings. The van der Waals surface area contributed by atoms with E-state index in [-0.39, 0.29) is 5.60 Å². The van der Waals surface area contributed by atoms with Gasteiger partial charge in [-0.05, 0) is 38.5 Å². The standard InChI is InChI=1S/C11H18O2/c1-10(2)7-11(8-13-10)5-3-9(12)4-6-11/h3-8H2,1-2H3. The summed E-state index contributed by atoms with van der Waals surface area (Å²) in [6.07, 6.45) is 4.79. The van der Waals surface area contributed by atoms with Crippen molar-refractivity contribution >= 4 is 5.78 Å². The monoisotopic (exact) mass is 182 g/mol. The van der Waals surface area contributed by atoms with E-state index in [1.807, 2.05) is 0 Å². The summed E-state index contributed by atoms with van der Waals surface area (Å²) in [4.78, 5) is 11.1. The second-order valence-electron chi connectivity index (χ2n) is 5.26. The first-order chi connectivity index (χ1) is 6.02. The summed E-state index contributed by atoms with van der Waals surface area (Å²) in [5.41, 5.74) is 0.387. The highest BCUT2D eigenvalue weighted by Gasteiger charge is 2.45. The molecule has 1 aliphatic heterocycles. The smallest absolute Gasteiger partial charge is 0.132 e. The van der Waals surface area contributed by atoms with Crippen LogP contribution >= 0.6 is 0 Å². The molecule has 0 N–H and O–H groups in total. The van der Waals surface area contributed by atoms with Crippen molar-refractivity contribution < 1.29 is 9.53 Å². The summed E-state index contributed by atoms with van der Waals surface area (Å²) < 4.78 is 5.76. The van der Waals surface area contributed by atoms with Gasteiger partial charge >= 0.3 is 0 Å². The van der Waals surface area contributed by atoms with Crippen LogP contribution in [-0.4, -0.2) is 18.0 Å². The van der Waals surface area contributed by atoms with Crippen molar-refractivity contribution in [3.8, 4) is 0 Å². The molecule has 0 aromatic rings. The van der Waals surface area contributed by atoms with Crippen molar-refractivity contribution in [3.05, 3.63) is 0 Å². The highest BCUT2D eigenvalue weighted by molar-refractivity contribution is 5.79. The molecule has 2 rings (SSSR count). The Labute approximate surface area is 79.7 Å². The zero-order valence-corrected chi connectivity index (χ0v) is 8.56. The van der Waals surface area contributed by atoms with E-state index in [1.54, 1.807) is 0 Å². The van der Waals surface area contributed by atoms with Gasteiger partial charge in [0.15, 0.2) is 0 Å². The van der Waals surface area contributed by atoms with E-state index >= 15 is 0 Å². The third-order valence-corrected chi connectivity index (χ3v) is 3.44. The minimum Gasteiger partial charge on any atom is -0.375 e. The summed E-state index contributed by atoms with van der Waals surface area (Å²) in [7, 11) is 0. The molecule has 0 bridgehead atoms. The molecule has 1 saturated heterocycles. The molecule has 0 radical (unpaired) electrons. The van der Waals surface area contributed by atoms with Crippen LogP contribution in [0.25, 0.3) is 0 Å². The van der Waals surface area contributed by atoms with Crippen molar-refractivity contribution in [2.24, 2.45) is 5.41 Å². The molecule has 0 amide bonds. The van der Waals surface area contributed by atoms with Crippen LogP contribution < -0.4 is 0 Å². The lowest BCUT2D eigenvalue weighted by Crippen LogP contribution is -2.29. The van der Waals surface area contributed by atoms with E-state index in [0.717, 1.165) is 38.7 Å². The predicted octanol–water partition coefficient (Wildman–Crippen LogP) is 2.31. The van der Waals surface area contributed by atoms with Gasteiger partial charge in [0.1, 0.15) is 5.78 Å². The van der Waals surface area contributed by atoms with Crippen LogP contribution in [0.1, 0.15) is 46.0 Å². The Morgan fingerprint density at radius 1 is 1.23 bits per heavy atom. The summed E-state index contributed by atoms with van der Waals surface area (Å²) >= 11 is 0. The lowest BCUT2D eigenvalue weighted by molar-refractivity contribution is -0.122. The maximum absolute atomic E-state index is 11.1. The van der Waals surface area contributed by atoms with Crippen molar-refractivity contribution in [1.29, 1.82) is 0 Å². The van der Waals surface area contributed by atoms with E-state index in [1.165, 1.54) is 0 Å². The quantitative estimate of drug-likeness (QED) is 0.574. The van der Waals surface area contributed by atoms with E-state index in [0.29, 0.717) is 11.2 Å². The highest BCUT2D eigenvalue weighted by atomic mass is 16.5. The molecule has 1 spiro atoms. The van der Waals surface area contributed by atoms with Gasteiger partial charge in [0.05, 0.1) is 12.2 Å². The molecule has 0 atom stereocenters. The van der Waals surface area contributed by atoms with Gasteiger partial charge in [0.25, 0.3) is 0 Å². The molecule has 2 aliphatic rings. The maximum atomic E-state index is 11.1. The number of hydrogen-bond donors (Lipinski definition) is 0. The first-order valence-electron chi connectivity index (χ1n) is 5.17. The largest absolute Gasteiger partial charge is 0.375 e. The predicted molar refractivity (Wildman–Crippen MR) is 50.6 cm³/mol. The van der Waals surface area contributed by atoms with Crippen LogP contribution in [0.3, 0.4) is 0 Å². The van der Waals surface area contributed by atoms with Gasteiger partial charge in [-0.15, -0.1) is 0 Å². The summed E-state index contributed by atoms with van der Waals surface area (Å²) in [5.74, 6) is 0.440. The van der Waals surface area contributed by atoms with Crippen LogP contribution in [0.15, 0.2) is 0 Å². The van der Waals surface area contributed by atoms with Gasteiger partial charge in [-0.3, -0.25) is 4.79 Å². The van der Waals surface area contributed by atoms with E-state index in [2.05, 4.69) is 13.8 Å². The zero-order valence-electron chi connectivity index (χ0n) is 8.56. The van der Waals surface area contributed by atoms with E-state index < -0.39 is 0 Å². The fraction of sp³-hybridized carbons (Fsp3) is 0.909. The lowest BCUT2D eigenvalue weighted by Gasteiger charge is -2.31. The maximum Gasteiger partial charge on any atom is 0.132 e. The number of ketones is 1. The molecular weight excluding hydrogens is 164 g/mol. The molecule has 0 aromatic heterocycles. The Hall–Kier alpha value is -0.370. The van der Waals surface area contributed by atoms with Crippen LogP contribution in [0.5, 0.6) is 0 Å². The van der Waals surface area contributed by atoms with Crippen molar-refractivity contribution in [2.75, 3.05) is 6.61 Å². The first-order valence-corrected chi connectivity index (χ1v) is 5.17. The number of ether oxygens (including phenoxy) is 1. The second-order valence-corrected chi connectivity index (χ2v) is 5.26. The lowest BCUT2D eigenvalue weighted by atomic mass is 9.71. The molecule has 13 heavy (non-hydrogen) atoms. The van der Waals surface area contributed by atoms with Gasteiger partial charge in [-0.25, -0.2) is 0 Å². The third-order valence-electron chi connectivity index (χ3n) is 3.44. The summed E-state index contributed by atoms with van der Waals surface area (Å²) in [6.45, 7) is 5.17. The normalized spacial score (nSPS) is 31.1. The summed E-state index contributed by atoms with van der Waals surface area (Å²) in [6, 6.07) is 0.